The van der Waals surface area contributed by atoms with Gasteiger partial charge in [0.2, 0.25) is 12.3 Å². The Morgan fingerprint density at radius 1 is 1.20 bits per heavy atom. The van der Waals surface area contributed by atoms with Crippen molar-refractivity contribution in [3.63, 3.8) is 0 Å². The summed E-state index contributed by atoms with van der Waals surface area (Å²) in [5, 5.41) is 1.03. The predicted octanol–water partition coefficient (Wildman–Crippen LogP) is 3.53. The highest BCUT2D eigenvalue weighted by atomic mass is 19.1. The lowest BCUT2D eigenvalue weighted by atomic mass is 10.1. The van der Waals surface area contributed by atoms with Crippen molar-refractivity contribution in [2.75, 3.05) is 7.11 Å². The number of amides is 1. The van der Waals surface area contributed by atoms with Gasteiger partial charge in [0, 0.05) is 18.1 Å². The molecule has 25 heavy (non-hydrogen) atoms. The number of nitrogens with zero attached hydrogens (tertiary/aromatic N) is 1. The Morgan fingerprint density at radius 3 is 2.76 bits per heavy atom. The Morgan fingerprint density at radius 2 is 2.00 bits per heavy atom. The Labute approximate surface area is 144 Å². The van der Waals surface area contributed by atoms with Gasteiger partial charge in [-0.1, -0.05) is 24.3 Å². The van der Waals surface area contributed by atoms with Crippen molar-refractivity contribution in [1.82, 2.24) is 4.98 Å². The molecule has 0 aliphatic carbocycles. The van der Waals surface area contributed by atoms with Crippen molar-refractivity contribution in [1.29, 1.82) is 0 Å². The highest BCUT2D eigenvalue weighted by Crippen LogP contribution is 2.30. The quantitative estimate of drug-likeness (QED) is 0.745. The summed E-state index contributed by atoms with van der Waals surface area (Å²) < 4.78 is 24.4. The van der Waals surface area contributed by atoms with Gasteiger partial charge in [0.15, 0.2) is 0 Å². The first-order valence-electron chi connectivity index (χ1n) is 7.66. The summed E-state index contributed by atoms with van der Waals surface area (Å²) in [5.74, 6) is -0.374. The van der Waals surface area contributed by atoms with Crippen LogP contribution < -0.4 is 10.5 Å². The van der Waals surface area contributed by atoms with Crippen LogP contribution in [0.15, 0.2) is 54.6 Å². The van der Waals surface area contributed by atoms with Crippen LogP contribution in [0.2, 0.25) is 0 Å². The molecule has 1 amide bonds. The number of halogens is 1. The number of ether oxygens (including phenoxy) is 2. The molecule has 0 aliphatic heterocycles. The summed E-state index contributed by atoms with van der Waals surface area (Å²) in [7, 11) is 1.23. The number of aromatic nitrogens is 1. The van der Waals surface area contributed by atoms with Gasteiger partial charge in [0.05, 0.1) is 16.8 Å². The molecule has 0 spiro atoms. The number of nitrogens with two attached hydrogens (primary N) is 1. The molecular formula is C19H17FN2O3. The molecule has 3 aromatic rings. The highest BCUT2D eigenvalue weighted by Gasteiger charge is 2.17. The second-order valence-electron chi connectivity index (χ2n) is 5.45. The number of methoxy groups -OCH3 is 1. The van der Waals surface area contributed by atoms with E-state index in [1.807, 2.05) is 36.4 Å². The van der Waals surface area contributed by atoms with Gasteiger partial charge in [-0.2, -0.15) is 0 Å². The number of rotatable bonds is 6. The van der Waals surface area contributed by atoms with Crippen LogP contribution in [0, 0.1) is 0 Å². The second-order valence-corrected chi connectivity index (χ2v) is 5.45. The third-order valence-electron chi connectivity index (χ3n) is 3.78. The monoisotopic (exact) mass is 340 g/mol. The fraction of sp³-hybridized carbons (Fsp3) is 0.158. The number of hydrogen-bond acceptors (Lipinski definition) is 4. The maximum atomic E-state index is 14.0. The van der Waals surface area contributed by atoms with Gasteiger partial charge in [-0.3, -0.25) is 4.79 Å². The van der Waals surface area contributed by atoms with E-state index in [0.29, 0.717) is 5.69 Å². The van der Waals surface area contributed by atoms with Crippen molar-refractivity contribution in [3.05, 3.63) is 71.4 Å². The summed E-state index contributed by atoms with van der Waals surface area (Å²) in [4.78, 5) is 15.8. The molecule has 0 bridgehead atoms. The van der Waals surface area contributed by atoms with E-state index in [1.54, 1.807) is 0 Å². The molecule has 5 nitrogen and oxygen atoms in total. The molecule has 1 unspecified atom stereocenters. The van der Waals surface area contributed by atoms with Crippen LogP contribution in [-0.4, -0.2) is 18.0 Å². The van der Waals surface area contributed by atoms with Crippen LogP contribution in [0.4, 0.5) is 4.39 Å². The molecule has 1 heterocycles. The number of carbonyl (C=O) groups is 1. The van der Waals surface area contributed by atoms with Crippen LogP contribution in [0.25, 0.3) is 10.9 Å². The normalized spacial score (nSPS) is 12.1. The van der Waals surface area contributed by atoms with E-state index in [9.17, 15) is 9.18 Å². The number of fused-ring (bicyclic) bond motifs is 1. The van der Waals surface area contributed by atoms with Crippen molar-refractivity contribution < 1.29 is 18.7 Å². The Kier molecular flexibility index (Phi) is 4.90. The largest absolute Gasteiger partial charge is 0.487 e. The molecule has 3 rings (SSSR count). The Hall–Kier alpha value is -2.99. The lowest BCUT2D eigenvalue weighted by Gasteiger charge is -2.14. The standard InChI is InChI=1S/C19H17FN2O3/c1-24-18(20)15-10-13(19(21)23)7-9-17(15)25-11-14-8-6-12-4-2-3-5-16(12)22-14/h2-10,18H,11H2,1H3,(H2,21,23). The maximum absolute atomic E-state index is 14.0. The number of pyridine rings is 1. The molecule has 6 heteroatoms. The molecule has 0 saturated carbocycles. The SMILES string of the molecule is COC(F)c1cc(C(N)=O)ccc1OCc1ccc2ccccc2n1. The third-order valence-corrected chi connectivity index (χ3v) is 3.78. The predicted molar refractivity (Wildman–Crippen MR) is 91.9 cm³/mol. The van der Waals surface area contributed by atoms with Gasteiger partial charge in [0.25, 0.3) is 0 Å². The zero-order valence-electron chi connectivity index (χ0n) is 13.6. The lowest BCUT2D eigenvalue weighted by Crippen LogP contribution is -2.12. The fourth-order valence-corrected chi connectivity index (χ4v) is 2.48. The molecule has 2 aromatic carbocycles. The lowest BCUT2D eigenvalue weighted by molar-refractivity contribution is -0.00875. The minimum Gasteiger partial charge on any atom is -0.487 e. The van der Waals surface area contributed by atoms with E-state index >= 15 is 0 Å². The third kappa shape index (κ3) is 3.75. The van der Waals surface area contributed by atoms with Crippen LogP contribution in [-0.2, 0) is 11.3 Å². The van der Waals surface area contributed by atoms with E-state index in [-0.39, 0.29) is 23.5 Å². The van der Waals surface area contributed by atoms with Crippen LogP contribution in [0.5, 0.6) is 5.75 Å². The molecule has 0 radical (unpaired) electrons. The van der Waals surface area contributed by atoms with E-state index in [0.717, 1.165) is 10.9 Å². The van der Waals surface area contributed by atoms with Gasteiger partial charge in [-0.25, -0.2) is 9.37 Å². The number of para-hydroxylation sites is 1. The van der Waals surface area contributed by atoms with Gasteiger partial charge in [-0.05, 0) is 30.3 Å². The Balaban J connectivity index is 1.84. The second kappa shape index (κ2) is 7.27. The molecule has 0 saturated heterocycles. The van der Waals surface area contributed by atoms with E-state index in [4.69, 9.17) is 15.2 Å². The van der Waals surface area contributed by atoms with Gasteiger partial charge in [0.1, 0.15) is 12.4 Å². The van der Waals surface area contributed by atoms with E-state index in [2.05, 4.69) is 4.98 Å². The maximum Gasteiger partial charge on any atom is 0.248 e. The van der Waals surface area contributed by atoms with Crippen molar-refractivity contribution in [2.24, 2.45) is 5.73 Å². The highest BCUT2D eigenvalue weighted by molar-refractivity contribution is 5.93. The molecule has 0 aliphatic rings. The van der Waals surface area contributed by atoms with Gasteiger partial charge < -0.3 is 15.2 Å². The molecule has 0 fully saturated rings. The summed E-state index contributed by atoms with van der Waals surface area (Å²) in [6.45, 7) is 0.157. The van der Waals surface area contributed by atoms with Crippen molar-refractivity contribution in [3.8, 4) is 5.75 Å². The smallest absolute Gasteiger partial charge is 0.248 e. The van der Waals surface area contributed by atoms with Crippen molar-refractivity contribution in [2.45, 2.75) is 13.0 Å². The molecule has 2 N–H and O–H groups in total. The van der Waals surface area contributed by atoms with Gasteiger partial charge in [-0.15, -0.1) is 0 Å². The summed E-state index contributed by atoms with van der Waals surface area (Å²) in [6, 6.07) is 15.9. The first kappa shape index (κ1) is 16.9. The minimum absolute atomic E-state index is 0.111. The zero-order chi connectivity index (χ0) is 17.8. The van der Waals surface area contributed by atoms with Crippen LogP contribution in [0.3, 0.4) is 0 Å². The Bertz CT molecular complexity index is 914. The first-order chi connectivity index (χ1) is 12.1. The fourth-order valence-electron chi connectivity index (χ4n) is 2.48. The average Bonchev–Trinajstić information content (AvgIpc) is 2.65. The topological polar surface area (TPSA) is 74.4 Å². The number of carbonyl (C=O) groups excluding carboxylic acids is 1. The first-order valence-corrected chi connectivity index (χ1v) is 7.66. The molecule has 128 valence electrons. The average molecular weight is 340 g/mol. The number of alkyl halides is 1. The zero-order valence-corrected chi connectivity index (χ0v) is 13.6. The summed E-state index contributed by atoms with van der Waals surface area (Å²) >= 11 is 0. The summed E-state index contributed by atoms with van der Waals surface area (Å²) in [6.07, 6.45) is -1.72. The van der Waals surface area contributed by atoms with Crippen molar-refractivity contribution >= 4 is 16.8 Å². The molecular weight excluding hydrogens is 323 g/mol. The summed E-state index contributed by atoms with van der Waals surface area (Å²) in [5.41, 5.74) is 7.10. The number of hydrogen-bond donors (Lipinski definition) is 1. The van der Waals surface area contributed by atoms with E-state index < -0.39 is 12.3 Å². The van der Waals surface area contributed by atoms with Gasteiger partial charge >= 0.3 is 0 Å². The number of primary amides is 1. The minimum atomic E-state index is -1.72. The van der Waals surface area contributed by atoms with Crippen LogP contribution in [0.1, 0.15) is 28.0 Å². The number of benzene rings is 2. The molecule has 1 atom stereocenters. The molecule has 1 aromatic heterocycles. The van der Waals surface area contributed by atoms with E-state index in [1.165, 1.54) is 25.3 Å². The van der Waals surface area contributed by atoms with Crippen LogP contribution >= 0.6 is 0 Å².